The van der Waals surface area contributed by atoms with E-state index in [0.717, 1.165) is 18.2 Å². The van der Waals surface area contributed by atoms with E-state index >= 15 is 0 Å². The molecule has 2 N–H and O–H groups in total. The van der Waals surface area contributed by atoms with Crippen LogP contribution in [0.15, 0.2) is 24.3 Å². The summed E-state index contributed by atoms with van der Waals surface area (Å²) < 4.78 is 75.5. The summed E-state index contributed by atoms with van der Waals surface area (Å²) in [6.07, 6.45) is -11.0. The third kappa shape index (κ3) is 4.43. The van der Waals surface area contributed by atoms with Gasteiger partial charge < -0.3 is 10.4 Å². The number of carboxylic acid groups (broad SMARTS) is 1. The third-order valence-corrected chi connectivity index (χ3v) is 3.97. The molecular weight excluding hydrogens is 356 g/mol. The number of rotatable bonds is 5. The standard InChI is InChI=1S/C15H13F6NO3/c16-14(17,18)7-10(11(23)24)22-12(25)13(4-5-13)8-2-1-3-9(6-8)15(19,20)21/h1-3,6,10H,4-5,7H2,(H,22,25)(H,23,24). The Morgan fingerprint density at radius 2 is 1.76 bits per heavy atom. The first-order valence-electron chi connectivity index (χ1n) is 7.13. The molecule has 0 radical (unpaired) electrons. The van der Waals surface area contributed by atoms with Crippen LogP contribution < -0.4 is 5.32 Å². The van der Waals surface area contributed by atoms with Crippen LogP contribution in [0.4, 0.5) is 26.3 Å². The minimum Gasteiger partial charge on any atom is -0.480 e. The molecule has 10 heteroatoms. The molecule has 1 aliphatic rings. The van der Waals surface area contributed by atoms with Crippen molar-refractivity contribution in [2.45, 2.75) is 43.1 Å². The Bertz CT molecular complexity index is 679. The molecular formula is C15H13F6NO3. The highest BCUT2D eigenvalue weighted by Gasteiger charge is 2.53. The summed E-state index contributed by atoms with van der Waals surface area (Å²) in [5.74, 6) is -2.89. The fourth-order valence-electron chi connectivity index (χ4n) is 2.49. The Hall–Kier alpha value is -2.26. The van der Waals surface area contributed by atoms with E-state index in [-0.39, 0.29) is 18.4 Å². The minimum atomic E-state index is -4.82. The van der Waals surface area contributed by atoms with E-state index in [2.05, 4.69) is 0 Å². The van der Waals surface area contributed by atoms with Crippen LogP contribution in [0.1, 0.15) is 30.4 Å². The molecule has 2 rings (SSSR count). The first-order valence-corrected chi connectivity index (χ1v) is 7.13. The fraction of sp³-hybridized carbons (Fsp3) is 0.467. The molecule has 1 amide bonds. The average Bonchev–Trinajstić information content (AvgIpc) is 3.26. The Labute approximate surface area is 137 Å². The largest absolute Gasteiger partial charge is 0.480 e. The van der Waals surface area contributed by atoms with Crippen molar-refractivity contribution in [2.24, 2.45) is 0 Å². The number of carbonyl (C=O) groups is 2. The predicted molar refractivity (Wildman–Crippen MR) is 72.6 cm³/mol. The number of benzene rings is 1. The van der Waals surface area contributed by atoms with Gasteiger partial charge in [0.15, 0.2) is 0 Å². The number of alkyl halides is 6. The zero-order valence-electron chi connectivity index (χ0n) is 12.5. The van der Waals surface area contributed by atoms with E-state index in [1.54, 1.807) is 5.32 Å². The molecule has 0 heterocycles. The maximum absolute atomic E-state index is 12.8. The highest BCUT2D eigenvalue weighted by Crippen LogP contribution is 2.49. The van der Waals surface area contributed by atoms with Crippen molar-refractivity contribution in [3.63, 3.8) is 0 Å². The predicted octanol–water partition coefficient (Wildman–Crippen LogP) is 3.26. The summed E-state index contributed by atoms with van der Waals surface area (Å²) in [5.41, 5.74) is -2.43. The summed E-state index contributed by atoms with van der Waals surface area (Å²) in [5, 5.41) is 10.6. The van der Waals surface area contributed by atoms with Gasteiger partial charge in [0.05, 0.1) is 17.4 Å². The first kappa shape index (κ1) is 19.1. The quantitative estimate of drug-likeness (QED) is 0.783. The zero-order chi connectivity index (χ0) is 19.0. The van der Waals surface area contributed by atoms with Crippen molar-refractivity contribution >= 4 is 11.9 Å². The second kappa shape index (κ2) is 6.23. The van der Waals surface area contributed by atoms with E-state index in [0.29, 0.717) is 0 Å². The average molecular weight is 369 g/mol. The van der Waals surface area contributed by atoms with Crippen molar-refractivity contribution < 1.29 is 41.0 Å². The van der Waals surface area contributed by atoms with Gasteiger partial charge in [0.25, 0.3) is 0 Å². The van der Waals surface area contributed by atoms with Crippen molar-refractivity contribution in [3.05, 3.63) is 35.4 Å². The highest BCUT2D eigenvalue weighted by atomic mass is 19.4. The summed E-state index contributed by atoms with van der Waals surface area (Å²) in [7, 11) is 0. The first-order chi connectivity index (χ1) is 11.3. The Morgan fingerprint density at radius 3 is 2.20 bits per heavy atom. The molecule has 1 aromatic carbocycles. The summed E-state index contributed by atoms with van der Waals surface area (Å²) in [4.78, 5) is 23.2. The lowest BCUT2D eigenvalue weighted by Gasteiger charge is -2.21. The second-order valence-electron chi connectivity index (χ2n) is 5.84. The maximum atomic E-state index is 12.8. The van der Waals surface area contributed by atoms with E-state index < -0.39 is 47.7 Å². The van der Waals surface area contributed by atoms with Crippen LogP contribution >= 0.6 is 0 Å². The lowest BCUT2D eigenvalue weighted by molar-refractivity contribution is -0.160. The van der Waals surface area contributed by atoms with Crippen LogP contribution in [0.3, 0.4) is 0 Å². The van der Waals surface area contributed by atoms with Gasteiger partial charge in [0, 0.05) is 0 Å². The van der Waals surface area contributed by atoms with Gasteiger partial charge in [-0.15, -0.1) is 0 Å². The SMILES string of the molecule is O=C(O)C(CC(F)(F)F)NC(=O)C1(c2cccc(C(F)(F)F)c2)CC1. The van der Waals surface area contributed by atoms with E-state index in [9.17, 15) is 35.9 Å². The number of hydrogen-bond donors (Lipinski definition) is 2. The number of nitrogens with one attached hydrogen (secondary N) is 1. The van der Waals surface area contributed by atoms with Crippen LogP contribution in [0, 0.1) is 0 Å². The van der Waals surface area contributed by atoms with Gasteiger partial charge in [0.2, 0.25) is 5.91 Å². The van der Waals surface area contributed by atoms with Gasteiger partial charge in [-0.3, -0.25) is 4.79 Å². The number of amides is 1. The van der Waals surface area contributed by atoms with Gasteiger partial charge >= 0.3 is 18.3 Å². The van der Waals surface area contributed by atoms with Crippen LogP contribution in [-0.2, 0) is 21.2 Å². The monoisotopic (exact) mass is 369 g/mol. The van der Waals surface area contributed by atoms with Crippen molar-refractivity contribution in [1.29, 1.82) is 0 Å². The number of carboxylic acids is 1. The lowest BCUT2D eigenvalue weighted by atomic mass is 9.92. The van der Waals surface area contributed by atoms with Crippen LogP contribution in [0.2, 0.25) is 0 Å². The minimum absolute atomic E-state index is 0.00373. The molecule has 0 bridgehead atoms. The molecule has 0 aromatic heterocycles. The molecule has 0 aliphatic heterocycles. The van der Waals surface area contributed by atoms with Crippen LogP contribution in [0.5, 0.6) is 0 Å². The van der Waals surface area contributed by atoms with E-state index in [4.69, 9.17) is 5.11 Å². The molecule has 1 fully saturated rings. The van der Waals surface area contributed by atoms with Crippen molar-refractivity contribution in [3.8, 4) is 0 Å². The highest BCUT2D eigenvalue weighted by molar-refractivity contribution is 5.94. The number of halogens is 6. The normalized spacial score (nSPS) is 17.7. The summed E-state index contributed by atoms with van der Waals surface area (Å²) >= 11 is 0. The molecule has 1 aliphatic carbocycles. The molecule has 25 heavy (non-hydrogen) atoms. The molecule has 138 valence electrons. The van der Waals surface area contributed by atoms with Gasteiger partial charge in [-0.1, -0.05) is 18.2 Å². The smallest absolute Gasteiger partial charge is 0.416 e. The second-order valence-corrected chi connectivity index (χ2v) is 5.84. The third-order valence-electron chi connectivity index (χ3n) is 3.97. The van der Waals surface area contributed by atoms with E-state index in [1.165, 1.54) is 6.07 Å². The van der Waals surface area contributed by atoms with Crippen LogP contribution in [-0.4, -0.2) is 29.2 Å². The number of hydrogen-bond acceptors (Lipinski definition) is 2. The topological polar surface area (TPSA) is 66.4 Å². The van der Waals surface area contributed by atoms with Crippen LogP contribution in [0.25, 0.3) is 0 Å². The molecule has 1 aromatic rings. The molecule has 1 saturated carbocycles. The van der Waals surface area contributed by atoms with Gasteiger partial charge in [-0.05, 0) is 24.5 Å². The lowest BCUT2D eigenvalue weighted by Crippen LogP contribution is -2.47. The molecule has 1 unspecified atom stereocenters. The van der Waals surface area contributed by atoms with Gasteiger partial charge in [-0.25, -0.2) is 4.79 Å². The number of aliphatic carboxylic acids is 1. The number of carbonyl (C=O) groups excluding carboxylic acids is 1. The fourth-order valence-corrected chi connectivity index (χ4v) is 2.49. The van der Waals surface area contributed by atoms with Gasteiger partial charge in [0.1, 0.15) is 6.04 Å². The Kier molecular flexibility index (Phi) is 4.75. The van der Waals surface area contributed by atoms with Crippen molar-refractivity contribution in [2.75, 3.05) is 0 Å². The maximum Gasteiger partial charge on any atom is 0.416 e. The van der Waals surface area contributed by atoms with Gasteiger partial charge in [-0.2, -0.15) is 26.3 Å². The molecule has 0 spiro atoms. The Morgan fingerprint density at radius 1 is 1.16 bits per heavy atom. The molecule has 4 nitrogen and oxygen atoms in total. The molecule has 0 saturated heterocycles. The van der Waals surface area contributed by atoms with E-state index in [1.807, 2.05) is 0 Å². The zero-order valence-corrected chi connectivity index (χ0v) is 12.5. The molecule has 1 atom stereocenters. The summed E-state index contributed by atoms with van der Waals surface area (Å²) in [6, 6.07) is 1.72. The Balaban J connectivity index is 2.22. The van der Waals surface area contributed by atoms with Crippen molar-refractivity contribution in [1.82, 2.24) is 5.32 Å². The summed E-state index contributed by atoms with van der Waals surface area (Å²) in [6.45, 7) is 0.